The van der Waals surface area contributed by atoms with Crippen LogP contribution in [0.5, 0.6) is 0 Å². The summed E-state index contributed by atoms with van der Waals surface area (Å²) in [5, 5.41) is 0. The molecule has 0 radical (unpaired) electrons. The van der Waals surface area contributed by atoms with E-state index in [1.54, 1.807) is 0 Å². The lowest BCUT2D eigenvalue weighted by molar-refractivity contribution is -0.155. The average molecular weight is 310 g/mol. The molecule has 0 saturated carbocycles. The molecule has 0 spiro atoms. The summed E-state index contributed by atoms with van der Waals surface area (Å²) in [6.45, 7) is 8.06. The Bertz CT molecular complexity index is 221. The van der Waals surface area contributed by atoms with Crippen LogP contribution in [0.15, 0.2) is 12.2 Å². The first-order valence-corrected chi connectivity index (χ1v) is 6.50. The van der Waals surface area contributed by atoms with Gasteiger partial charge in [0.25, 0.3) is 0 Å². The first-order chi connectivity index (χ1) is 6.37. The molecule has 1 heterocycles. The Morgan fingerprint density at radius 2 is 1.93 bits per heavy atom. The van der Waals surface area contributed by atoms with Gasteiger partial charge in [-0.05, 0) is 34.1 Å². The normalized spacial score (nSPS) is 29.9. The van der Waals surface area contributed by atoms with E-state index in [0.717, 1.165) is 10.8 Å². The molecule has 1 atom stereocenters. The third-order valence-electron chi connectivity index (χ3n) is 2.19. The third kappa shape index (κ3) is 3.21. The maximum atomic E-state index is 5.80. The van der Waals surface area contributed by atoms with Gasteiger partial charge in [-0.1, -0.05) is 34.7 Å². The molecule has 1 saturated heterocycles. The maximum absolute atomic E-state index is 5.80. The van der Waals surface area contributed by atoms with Crippen molar-refractivity contribution >= 4 is 22.6 Å². The van der Waals surface area contributed by atoms with Gasteiger partial charge in [-0.25, -0.2) is 0 Å². The first kappa shape index (κ1) is 12.5. The molecule has 1 rings (SSSR count). The van der Waals surface area contributed by atoms with Gasteiger partial charge >= 0.3 is 0 Å². The number of allylic oxidation sites excluding steroid dienone is 1. The van der Waals surface area contributed by atoms with Crippen molar-refractivity contribution < 1.29 is 9.47 Å². The molecule has 0 aromatic carbocycles. The fraction of sp³-hybridized carbons (Fsp3) is 0.818. The van der Waals surface area contributed by atoms with Crippen molar-refractivity contribution in [1.29, 1.82) is 0 Å². The zero-order chi connectivity index (χ0) is 10.8. The van der Waals surface area contributed by atoms with Gasteiger partial charge in [0, 0.05) is 4.43 Å². The Morgan fingerprint density at radius 3 is 2.36 bits per heavy atom. The van der Waals surface area contributed by atoms with Crippen molar-refractivity contribution in [3.63, 3.8) is 0 Å². The lowest BCUT2D eigenvalue weighted by Gasteiger charge is -2.22. The Labute approximate surface area is 100 Å². The van der Waals surface area contributed by atoms with Crippen molar-refractivity contribution in [2.45, 2.75) is 51.6 Å². The van der Waals surface area contributed by atoms with Gasteiger partial charge in [-0.2, -0.15) is 0 Å². The summed E-state index contributed by atoms with van der Waals surface area (Å²) in [4.78, 5) is 0. The second-order valence-corrected chi connectivity index (χ2v) is 5.63. The molecule has 1 aliphatic heterocycles. The Hall–Kier alpha value is 0.390. The van der Waals surface area contributed by atoms with Gasteiger partial charge < -0.3 is 9.47 Å². The highest BCUT2D eigenvalue weighted by molar-refractivity contribution is 14.1. The first-order valence-electron chi connectivity index (χ1n) is 4.98. The molecular weight excluding hydrogens is 291 g/mol. The van der Waals surface area contributed by atoms with Gasteiger partial charge in [0.1, 0.15) is 6.10 Å². The maximum Gasteiger partial charge on any atom is 0.164 e. The van der Waals surface area contributed by atoms with Gasteiger partial charge in [0.15, 0.2) is 5.79 Å². The third-order valence-corrected chi connectivity index (χ3v) is 2.81. The molecule has 0 aromatic heterocycles. The summed E-state index contributed by atoms with van der Waals surface area (Å²) < 4.78 is 12.7. The lowest BCUT2D eigenvalue weighted by Crippen LogP contribution is -2.31. The minimum atomic E-state index is -0.456. The second-order valence-electron chi connectivity index (χ2n) is 4.55. The zero-order valence-electron chi connectivity index (χ0n) is 9.34. The highest BCUT2D eigenvalue weighted by Gasteiger charge is 2.45. The minimum absolute atomic E-state index is 0.0699. The fourth-order valence-electron chi connectivity index (χ4n) is 1.72. The van der Waals surface area contributed by atoms with Crippen molar-refractivity contribution in [2.24, 2.45) is 0 Å². The topological polar surface area (TPSA) is 18.5 Å². The van der Waals surface area contributed by atoms with E-state index in [-0.39, 0.29) is 11.7 Å². The molecule has 3 heteroatoms. The molecular formula is C11H19IO2. The average Bonchev–Trinajstić information content (AvgIpc) is 2.20. The van der Waals surface area contributed by atoms with E-state index in [4.69, 9.17) is 9.47 Å². The van der Waals surface area contributed by atoms with E-state index in [2.05, 4.69) is 48.6 Å². The Kier molecular flexibility index (Phi) is 4.00. The van der Waals surface area contributed by atoms with E-state index >= 15 is 0 Å². The predicted octanol–water partition coefficient (Wildman–Crippen LogP) is 3.30. The molecule has 0 N–H and O–H groups in total. The Balaban J connectivity index is 2.61. The van der Waals surface area contributed by atoms with Gasteiger partial charge in [0.2, 0.25) is 0 Å². The van der Waals surface area contributed by atoms with Crippen LogP contribution in [-0.4, -0.2) is 21.9 Å². The largest absolute Gasteiger partial charge is 0.342 e. The van der Waals surface area contributed by atoms with Gasteiger partial charge in [-0.15, -0.1) is 0 Å². The number of hydrogen-bond acceptors (Lipinski definition) is 2. The molecule has 0 aliphatic carbocycles. The molecule has 0 amide bonds. The molecule has 0 bridgehead atoms. The van der Waals surface area contributed by atoms with Crippen molar-refractivity contribution in [1.82, 2.24) is 0 Å². The smallest absolute Gasteiger partial charge is 0.164 e. The molecule has 1 aliphatic rings. The standard InChI is InChI=1S/C11H19IO2/c1-10(2)9(7-5-6-8-12)13-11(3,4)14-10/h5,7,9H,6,8H2,1-4H3/b7-5+. The summed E-state index contributed by atoms with van der Waals surface area (Å²) >= 11 is 2.37. The van der Waals surface area contributed by atoms with Gasteiger partial charge in [-0.3, -0.25) is 0 Å². The van der Waals surface area contributed by atoms with Crippen LogP contribution in [0, 0.1) is 0 Å². The number of hydrogen-bond donors (Lipinski definition) is 0. The summed E-state index contributed by atoms with van der Waals surface area (Å²) in [5.41, 5.74) is -0.217. The van der Waals surface area contributed by atoms with Crippen LogP contribution in [0.4, 0.5) is 0 Å². The predicted molar refractivity (Wildman–Crippen MR) is 66.8 cm³/mol. The van der Waals surface area contributed by atoms with Crippen LogP contribution in [0.3, 0.4) is 0 Å². The van der Waals surface area contributed by atoms with E-state index < -0.39 is 5.79 Å². The van der Waals surface area contributed by atoms with Crippen LogP contribution in [-0.2, 0) is 9.47 Å². The fourth-order valence-corrected chi connectivity index (χ4v) is 2.08. The van der Waals surface area contributed by atoms with Crippen LogP contribution in [0.25, 0.3) is 0 Å². The van der Waals surface area contributed by atoms with Crippen LogP contribution in [0.2, 0.25) is 0 Å². The molecule has 2 nitrogen and oxygen atoms in total. The number of rotatable bonds is 3. The van der Waals surface area contributed by atoms with E-state index in [9.17, 15) is 0 Å². The van der Waals surface area contributed by atoms with Crippen LogP contribution in [0.1, 0.15) is 34.1 Å². The zero-order valence-corrected chi connectivity index (χ0v) is 11.5. The highest BCUT2D eigenvalue weighted by atomic mass is 127. The molecule has 1 fully saturated rings. The molecule has 14 heavy (non-hydrogen) atoms. The minimum Gasteiger partial charge on any atom is -0.342 e. The molecule has 82 valence electrons. The summed E-state index contributed by atoms with van der Waals surface area (Å²) in [6, 6.07) is 0. The summed E-state index contributed by atoms with van der Waals surface area (Å²) in [7, 11) is 0. The van der Waals surface area contributed by atoms with E-state index in [1.165, 1.54) is 0 Å². The quantitative estimate of drug-likeness (QED) is 0.452. The van der Waals surface area contributed by atoms with E-state index in [1.807, 2.05) is 13.8 Å². The molecule has 0 aromatic rings. The van der Waals surface area contributed by atoms with Crippen LogP contribution < -0.4 is 0 Å². The van der Waals surface area contributed by atoms with Crippen LogP contribution >= 0.6 is 22.6 Å². The van der Waals surface area contributed by atoms with Crippen molar-refractivity contribution in [3.05, 3.63) is 12.2 Å². The van der Waals surface area contributed by atoms with Crippen molar-refractivity contribution in [3.8, 4) is 0 Å². The number of ether oxygens (including phenoxy) is 2. The van der Waals surface area contributed by atoms with Gasteiger partial charge in [0.05, 0.1) is 5.60 Å². The number of alkyl halides is 1. The number of halogens is 1. The highest BCUT2D eigenvalue weighted by Crippen LogP contribution is 2.36. The second kappa shape index (κ2) is 4.49. The SMILES string of the molecule is CC1(C)OC(/C=C/CCI)C(C)(C)O1. The lowest BCUT2D eigenvalue weighted by atomic mass is 10.0. The Morgan fingerprint density at radius 1 is 1.29 bits per heavy atom. The molecule has 1 unspecified atom stereocenters. The summed E-state index contributed by atoms with van der Waals surface area (Å²) in [6.07, 6.45) is 5.45. The van der Waals surface area contributed by atoms with E-state index in [0.29, 0.717) is 0 Å². The monoisotopic (exact) mass is 310 g/mol. The van der Waals surface area contributed by atoms with Crippen molar-refractivity contribution in [2.75, 3.05) is 4.43 Å². The summed E-state index contributed by atoms with van der Waals surface area (Å²) in [5.74, 6) is -0.456.